The van der Waals surface area contributed by atoms with Crippen LogP contribution in [0, 0.1) is 0 Å². The topological polar surface area (TPSA) is 74.2 Å². The first-order valence-corrected chi connectivity index (χ1v) is 6.60. The van der Waals surface area contributed by atoms with Crippen LogP contribution in [0.4, 0.5) is 13.2 Å². The summed E-state index contributed by atoms with van der Waals surface area (Å²) < 4.78 is 55.3. The Morgan fingerprint density at radius 3 is 2.61 bits per heavy atom. The zero-order valence-electron chi connectivity index (χ0n) is 9.11. The maximum Gasteiger partial charge on any atom is 0.525 e. The average Bonchev–Trinajstić information content (AvgIpc) is 2.50. The Hall–Kier alpha value is -0.0400. The number of rotatable bonds is 5. The molecule has 0 saturated carbocycles. The van der Waals surface area contributed by atoms with Gasteiger partial charge >= 0.3 is 12.3 Å². The van der Waals surface area contributed by atoms with Crippen molar-refractivity contribution in [1.29, 1.82) is 0 Å². The fraction of sp³-hybridized carbons (Fsp3) is 0.857. The molecule has 4 atom stereocenters. The average molecular weight is 310 g/mol. The van der Waals surface area contributed by atoms with Crippen molar-refractivity contribution in [3.8, 4) is 0 Å². The molecular formula is C7H11F3O6P2. The third-order valence-corrected chi connectivity index (χ3v) is 4.24. The van der Waals surface area contributed by atoms with Crippen molar-refractivity contribution >= 4 is 23.8 Å². The summed E-state index contributed by atoms with van der Waals surface area (Å²) in [5.74, 6) is -1.34. The van der Waals surface area contributed by atoms with Crippen molar-refractivity contribution in [2.24, 2.45) is 0 Å². The lowest BCUT2D eigenvalue weighted by Crippen LogP contribution is -2.51. The number of aliphatic carboxylic acids is 1. The van der Waals surface area contributed by atoms with Crippen LogP contribution in [0.25, 0.3) is 0 Å². The van der Waals surface area contributed by atoms with E-state index in [1.54, 1.807) is 9.24 Å². The highest BCUT2D eigenvalue weighted by atomic mass is 31.1. The van der Waals surface area contributed by atoms with Crippen LogP contribution in [-0.4, -0.2) is 48.6 Å². The van der Waals surface area contributed by atoms with Gasteiger partial charge in [0.1, 0.15) is 6.61 Å². The van der Waals surface area contributed by atoms with Gasteiger partial charge in [0.15, 0.2) is 6.79 Å². The highest BCUT2D eigenvalue weighted by Crippen LogP contribution is 2.53. The summed E-state index contributed by atoms with van der Waals surface area (Å²) in [7, 11) is 1.35. The molecule has 1 aliphatic rings. The molecule has 0 radical (unpaired) electrons. The molecule has 6 nitrogen and oxygen atoms in total. The van der Waals surface area contributed by atoms with Crippen LogP contribution < -0.4 is 0 Å². The van der Waals surface area contributed by atoms with Crippen molar-refractivity contribution < 1.29 is 42.0 Å². The largest absolute Gasteiger partial charge is 0.525 e. The van der Waals surface area contributed by atoms with E-state index in [2.05, 4.69) is 4.74 Å². The van der Waals surface area contributed by atoms with Crippen molar-refractivity contribution in [2.45, 2.75) is 17.4 Å². The van der Waals surface area contributed by atoms with Gasteiger partial charge in [0.2, 0.25) is 11.1 Å². The molecular weight excluding hydrogens is 299 g/mol. The molecule has 106 valence electrons. The number of alkyl halides is 3. The number of ether oxygens (including phenoxy) is 4. The fourth-order valence-electron chi connectivity index (χ4n) is 1.29. The number of carboxylic acid groups (broad SMARTS) is 1. The number of hydrogen-bond donors (Lipinski definition) is 1. The van der Waals surface area contributed by atoms with Gasteiger partial charge in [-0.2, -0.15) is 0 Å². The maximum atomic E-state index is 12.3. The summed E-state index contributed by atoms with van der Waals surface area (Å²) in [4.78, 5) is 10.4. The summed E-state index contributed by atoms with van der Waals surface area (Å²) in [6, 6.07) is 0. The monoisotopic (exact) mass is 310 g/mol. The number of hydrogen-bond acceptors (Lipinski definition) is 5. The van der Waals surface area contributed by atoms with Crippen LogP contribution >= 0.6 is 17.8 Å². The standard InChI is InChI=1S/C7H11F3O6P2/c1-18-6(13-2-4(11)12)5(17,14-3-15-6)16-7(8,9)10/h18H,2-3,17H2,1H3,(H,11,12). The molecule has 0 spiro atoms. The predicted molar refractivity (Wildman–Crippen MR) is 57.2 cm³/mol. The number of carbonyl (C=O) groups is 1. The fourth-order valence-corrected chi connectivity index (χ4v) is 2.98. The van der Waals surface area contributed by atoms with Crippen molar-refractivity contribution in [3.05, 3.63) is 0 Å². The van der Waals surface area contributed by atoms with Gasteiger partial charge in [-0.3, -0.25) is 0 Å². The van der Waals surface area contributed by atoms with Gasteiger partial charge in [0, 0.05) is 0 Å². The number of carboxylic acids is 1. The normalized spacial score (nSPS) is 33.4. The second-order valence-corrected chi connectivity index (χ2v) is 5.09. The SMILES string of the molecule is CPC1(OCC(=O)O)OCOC1(P)OC(F)(F)F. The minimum atomic E-state index is -4.98. The van der Waals surface area contributed by atoms with Gasteiger partial charge < -0.3 is 19.3 Å². The van der Waals surface area contributed by atoms with Gasteiger partial charge in [0.25, 0.3) is 0 Å². The summed E-state index contributed by atoms with van der Waals surface area (Å²) in [6.45, 7) is 0.149. The van der Waals surface area contributed by atoms with Crippen LogP contribution in [0.3, 0.4) is 0 Å². The molecule has 1 rings (SSSR count). The molecule has 1 saturated heterocycles. The van der Waals surface area contributed by atoms with E-state index < -0.39 is 36.8 Å². The Kier molecular flexibility index (Phi) is 4.92. The first-order valence-electron chi connectivity index (χ1n) is 4.52. The van der Waals surface area contributed by atoms with Crippen LogP contribution in [0.1, 0.15) is 0 Å². The van der Waals surface area contributed by atoms with Crippen molar-refractivity contribution in [3.63, 3.8) is 0 Å². The summed E-state index contributed by atoms with van der Waals surface area (Å²) >= 11 is 0. The zero-order valence-corrected chi connectivity index (χ0v) is 11.3. The quantitative estimate of drug-likeness (QED) is 0.767. The minimum Gasteiger partial charge on any atom is -0.480 e. The van der Waals surface area contributed by atoms with Crippen LogP contribution in [0.2, 0.25) is 0 Å². The van der Waals surface area contributed by atoms with E-state index >= 15 is 0 Å². The molecule has 0 aromatic rings. The van der Waals surface area contributed by atoms with E-state index in [1.807, 2.05) is 0 Å². The predicted octanol–water partition coefficient (Wildman–Crippen LogP) is 1.12. The Labute approximate surface area is 104 Å². The minimum absolute atomic E-state index is 0.360. The van der Waals surface area contributed by atoms with Crippen molar-refractivity contribution in [1.82, 2.24) is 0 Å². The smallest absolute Gasteiger partial charge is 0.480 e. The lowest BCUT2D eigenvalue weighted by Gasteiger charge is -2.38. The van der Waals surface area contributed by atoms with Crippen molar-refractivity contribution in [2.75, 3.05) is 20.1 Å². The first kappa shape index (κ1) is 16.0. The molecule has 0 aliphatic carbocycles. The van der Waals surface area contributed by atoms with E-state index in [0.29, 0.717) is 0 Å². The van der Waals surface area contributed by atoms with E-state index in [4.69, 9.17) is 19.3 Å². The van der Waals surface area contributed by atoms with E-state index in [0.717, 1.165) is 0 Å². The zero-order chi connectivity index (χ0) is 14.0. The van der Waals surface area contributed by atoms with Crippen LogP contribution in [0.5, 0.6) is 0 Å². The molecule has 11 heteroatoms. The third-order valence-electron chi connectivity index (χ3n) is 1.99. The van der Waals surface area contributed by atoms with Gasteiger partial charge in [-0.25, -0.2) is 9.53 Å². The summed E-state index contributed by atoms with van der Waals surface area (Å²) in [5, 5.41) is 8.50. The molecule has 0 aromatic carbocycles. The van der Waals surface area contributed by atoms with Gasteiger partial charge in [-0.15, -0.1) is 13.2 Å². The molecule has 0 amide bonds. The van der Waals surface area contributed by atoms with Gasteiger partial charge in [0.05, 0.1) is 0 Å². The Balaban J connectivity index is 2.90. The van der Waals surface area contributed by atoms with E-state index in [1.165, 1.54) is 6.66 Å². The highest BCUT2D eigenvalue weighted by molar-refractivity contribution is 7.39. The molecule has 0 aromatic heterocycles. The molecule has 18 heavy (non-hydrogen) atoms. The lowest BCUT2D eigenvalue weighted by molar-refractivity contribution is -0.403. The Bertz CT molecular complexity index is 327. The van der Waals surface area contributed by atoms with Gasteiger partial charge in [-0.1, -0.05) is 17.8 Å². The first-order chi connectivity index (χ1) is 8.14. The molecule has 1 aliphatic heterocycles. The molecule has 4 unspecified atom stereocenters. The van der Waals surface area contributed by atoms with Crippen LogP contribution in [-0.2, 0) is 23.7 Å². The van der Waals surface area contributed by atoms with E-state index in [9.17, 15) is 18.0 Å². The molecule has 0 bridgehead atoms. The Morgan fingerprint density at radius 1 is 1.56 bits per heavy atom. The van der Waals surface area contributed by atoms with E-state index in [-0.39, 0.29) is 8.58 Å². The summed E-state index contributed by atoms with van der Waals surface area (Å²) in [6.07, 6.45) is -4.98. The molecule has 1 fully saturated rings. The van der Waals surface area contributed by atoms with Gasteiger partial charge in [-0.05, 0) is 6.66 Å². The second-order valence-electron chi connectivity index (χ2n) is 3.17. The lowest BCUT2D eigenvalue weighted by atomic mass is 10.5. The third kappa shape index (κ3) is 3.50. The molecule has 1 N–H and O–H groups in total. The second kappa shape index (κ2) is 5.53. The molecule has 1 heterocycles. The number of halogens is 3. The Morgan fingerprint density at radius 2 is 2.17 bits per heavy atom. The highest BCUT2D eigenvalue weighted by Gasteiger charge is 2.62. The van der Waals surface area contributed by atoms with Crippen LogP contribution in [0.15, 0.2) is 0 Å². The summed E-state index contributed by atoms with van der Waals surface area (Å²) in [5.41, 5.74) is -4.25. The maximum absolute atomic E-state index is 12.3.